The molecule has 4 N–H and O–H groups in total. The largest absolute Gasteiger partial charge is 0.497 e. The van der Waals surface area contributed by atoms with Gasteiger partial charge < -0.3 is 30.2 Å². The minimum atomic E-state index is -5.11. The summed E-state index contributed by atoms with van der Waals surface area (Å²) in [6, 6.07) is 2.38. The third kappa shape index (κ3) is 7.03. The summed E-state index contributed by atoms with van der Waals surface area (Å²) >= 11 is 0. The van der Waals surface area contributed by atoms with Gasteiger partial charge in [0.15, 0.2) is 17.5 Å². The van der Waals surface area contributed by atoms with Gasteiger partial charge in [0.25, 0.3) is 11.8 Å². The molecule has 1 spiro atoms. The van der Waals surface area contributed by atoms with E-state index >= 15 is 4.39 Å². The number of benzene rings is 1. The number of amides is 4. The molecule has 1 aromatic heterocycles. The average molecular weight is 796 g/mol. The Balaban J connectivity index is 1.29. The minimum absolute atomic E-state index is 0.0112. The first-order valence-electron chi connectivity index (χ1n) is 18.1. The van der Waals surface area contributed by atoms with Crippen molar-refractivity contribution in [3.05, 3.63) is 41.6 Å². The van der Waals surface area contributed by atoms with Gasteiger partial charge in [0, 0.05) is 29.7 Å². The number of aromatic nitrogens is 1. The number of alkyl halides is 4. The zero-order chi connectivity index (χ0) is 39.7. The van der Waals surface area contributed by atoms with Crippen LogP contribution in [0, 0.1) is 5.92 Å². The van der Waals surface area contributed by atoms with Gasteiger partial charge in [0.1, 0.15) is 29.1 Å². The highest BCUT2D eigenvalue weighted by Gasteiger charge is 2.64. The number of nitrogens with two attached hydrogens (primary N) is 1. The maximum absolute atomic E-state index is 16.6. The fourth-order valence-electron chi connectivity index (χ4n) is 7.96. The number of hydrogen-bond donors (Lipinski definition) is 3. The van der Waals surface area contributed by atoms with Crippen LogP contribution in [-0.4, -0.2) is 83.8 Å². The number of rotatable bonds is 5. The summed E-state index contributed by atoms with van der Waals surface area (Å²) in [5.74, 6) is -4.20. The van der Waals surface area contributed by atoms with Crippen molar-refractivity contribution in [1.29, 1.82) is 0 Å². The summed E-state index contributed by atoms with van der Waals surface area (Å²) < 4.78 is 104. The Bertz CT molecular complexity index is 2090. The van der Waals surface area contributed by atoms with Crippen LogP contribution in [-0.2, 0) is 35.3 Å². The molecule has 298 valence electrons. The highest BCUT2D eigenvalue weighted by atomic mass is 32.2. The number of nitrogens with one attached hydrogen (secondary N) is 2. The second-order valence-electron chi connectivity index (χ2n) is 15.4. The molecule has 4 heterocycles. The number of carbonyl (C=O) groups excluding carboxylic acids is 4. The van der Waals surface area contributed by atoms with Crippen LogP contribution in [0.25, 0.3) is 10.9 Å². The molecule has 14 nitrogen and oxygen atoms in total. The van der Waals surface area contributed by atoms with E-state index in [9.17, 15) is 40.8 Å². The molecule has 2 aromatic rings. The van der Waals surface area contributed by atoms with E-state index in [1.165, 1.54) is 32.2 Å². The third-order valence-electron chi connectivity index (χ3n) is 11.5. The van der Waals surface area contributed by atoms with Crippen molar-refractivity contribution in [2.45, 2.75) is 112 Å². The lowest BCUT2D eigenvalue weighted by molar-refractivity contribution is -0.147. The van der Waals surface area contributed by atoms with Crippen molar-refractivity contribution in [2.24, 2.45) is 11.7 Å². The Morgan fingerprint density at radius 3 is 2.55 bits per heavy atom. The summed E-state index contributed by atoms with van der Waals surface area (Å²) in [4.78, 5) is 59.2. The monoisotopic (exact) mass is 795 g/mol. The molecule has 0 unspecified atom stereocenters. The Morgan fingerprint density at radius 2 is 1.87 bits per heavy atom. The van der Waals surface area contributed by atoms with Crippen LogP contribution >= 0.6 is 0 Å². The number of nitrogens with zero attached hydrogens (tertiary/aromatic N) is 2. The first kappa shape index (κ1) is 38.6. The number of allylic oxidation sites excluding steroid dienone is 1. The number of carbonyl (C=O) groups is 4. The molecule has 2 saturated carbocycles. The predicted octanol–water partition coefficient (Wildman–Crippen LogP) is 4.25. The lowest BCUT2D eigenvalue weighted by atomic mass is 9.85. The molecule has 19 heteroatoms. The van der Waals surface area contributed by atoms with Gasteiger partial charge in [-0.05, 0) is 70.1 Å². The highest BCUT2D eigenvalue weighted by molar-refractivity contribution is 7.91. The lowest BCUT2D eigenvalue weighted by Gasteiger charge is -2.38. The summed E-state index contributed by atoms with van der Waals surface area (Å²) in [7, 11) is -2.80. The van der Waals surface area contributed by atoms with Gasteiger partial charge in [-0.2, -0.15) is 13.2 Å². The molecule has 2 aliphatic carbocycles. The molecule has 0 radical (unpaired) electrons. The van der Waals surface area contributed by atoms with Crippen LogP contribution in [0.4, 0.5) is 22.4 Å². The number of hydrogen-bond acceptors (Lipinski definition) is 10. The van der Waals surface area contributed by atoms with Crippen molar-refractivity contribution >= 4 is 44.7 Å². The maximum Gasteiger partial charge on any atom is 0.437 e. The molecular weight excluding hydrogens is 754 g/mol. The van der Waals surface area contributed by atoms with E-state index in [2.05, 4.69) is 15.0 Å². The lowest BCUT2D eigenvalue weighted by Crippen LogP contribution is -2.58. The Hall–Kier alpha value is -4.68. The topological polar surface area (TPSA) is 196 Å². The van der Waals surface area contributed by atoms with Gasteiger partial charge in [-0.1, -0.05) is 18.6 Å². The summed E-state index contributed by atoms with van der Waals surface area (Å²) in [6.45, 7) is 0.871. The van der Waals surface area contributed by atoms with Crippen molar-refractivity contribution in [2.75, 3.05) is 13.7 Å². The van der Waals surface area contributed by atoms with E-state index in [1.54, 1.807) is 6.08 Å². The van der Waals surface area contributed by atoms with Crippen LogP contribution in [0.5, 0.6) is 11.5 Å². The average Bonchev–Trinajstić information content (AvgIpc) is 4.00. The highest BCUT2D eigenvalue weighted by Crippen LogP contribution is 2.54. The summed E-state index contributed by atoms with van der Waals surface area (Å²) in [6.07, 6.45) is -4.83. The molecule has 1 saturated heterocycles. The molecule has 0 bridgehead atoms. The van der Waals surface area contributed by atoms with Crippen LogP contribution in [0.1, 0.15) is 88.6 Å². The zero-order valence-electron chi connectivity index (χ0n) is 30.0. The van der Waals surface area contributed by atoms with E-state index in [1.807, 2.05) is 6.08 Å². The van der Waals surface area contributed by atoms with Gasteiger partial charge >= 0.3 is 12.3 Å². The predicted molar refractivity (Wildman–Crippen MR) is 186 cm³/mol. The first-order chi connectivity index (χ1) is 25.8. The van der Waals surface area contributed by atoms with E-state index in [4.69, 9.17) is 19.9 Å². The van der Waals surface area contributed by atoms with Crippen molar-refractivity contribution in [3.63, 3.8) is 0 Å². The molecular formula is C36H41F4N5O9S. The number of primary amides is 1. The van der Waals surface area contributed by atoms with Crippen LogP contribution in [0.15, 0.2) is 30.4 Å². The van der Waals surface area contributed by atoms with E-state index in [0.717, 1.165) is 4.90 Å². The van der Waals surface area contributed by atoms with Crippen molar-refractivity contribution < 1.29 is 59.4 Å². The number of fused-ring (bicyclic) bond motifs is 5. The quantitative estimate of drug-likeness (QED) is 0.291. The molecule has 7 rings (SSSR count). The second kappa shape index (κ2) is 13.5. The van der Waals surface area contributed by atoms with E-state index < -0.39 is 117 Å². The van der Waals surface area contributed by atoms with Gasteiger partial charge in [-0.15, -0.1) is 0 Å². The molecule has 6 atom stereocenters. The van der Waals surface area contributed by atoms with Gasteiger partial charge in [-0.3, -0.25) is 19.1 Å². The molecule has 3 aliphatic heterocycles. The smallest absolute Gasteiger partial charge is 0.437 e. The fourth-order valence-corrected chi connectivity index (χ4v) is 9.27. The summed E-state index contributed by atoms with van der Waals surface area (Å²) in [5.41, 5.74) is -0.482. The third-order valence-corrected chi connectivity index (χ3v) is 13.6. The van der Waals surface area contributed by atoms with Gasteiger partial charge in [0.05, 0.1) is 23.9 Å². The summed E-state index contributed by atoms with van der Waals surface area (Å²) in [5, 5.41) is 2.67. The number of ether oxygens (including phenoxy) is 3. The second-order valence-corrected chi connectivity index (χ2v) is 17.6. The first-order valence-corrected chi connectivity index (χ1v) is 19.5. The number of pyridine rings is 1. The molecule has 3 fully saturated rings. The number of halogens is 4. The van der Waals surface area contributed by atoms with Crippen LogP contribution in [0.2, 0.25) is 0 Å². The number of methoxy groups -OCH3 is 1. The molecule has 1 aromatic carbocycles. The Morgan fingerprint density at radius 1 is 1.13 bits per heavy atom. The van der Waals surface area contributed by atoms with Crippen molar-refractivity contribution in [3.8, 4) is 11.5 Å². The van der Waals surface area contributed by atoms with E-state index in [0.29, 0.717) is 38.5 Å². The van der Waals surface area contributed by atoms with E-state index in [-0.39, 0.29) is 29.5 Å². The van der Waals surface area contributed by atoms with Crippen LogP contribution < -0.4 is 25.2 Å². The van der Waals surface area contributed by atoms with Crippen molar-refractivity contribution in [1.82, 2.24) is 19.9 Å². The SMILES string of the molecule is COc1ccc2nc(C(F)(F)F)c3c(c2c1)[C@H](F)C[C@]1(C[C@H]2C(=O)N[C@]4(C(=O)NS(=O)(=O)C5(C)CC5)C[C@H]4/C=C\CCCCC[C@H](OC(N)=O)C(=O)N2C1)O3. The Kier molecular flexibility index (Phi) is 9.48. The normalized spacial score (nSPS) is 31.1. The maximum atomic E-state index is 16.6. The van der Waals surface area contributed by atoms with Crippen LogP contribution in [0.3, 0.4) is 0 Å². The molecule has 55 heavy (non-hydrogen) atoms. The Labute approximate surface area is 313 Å². The zero-order valence-corrected chi connectivity index (χ0v) is 30.9. The number of sulfonamides is 1. The fraction of sp³-hybridized carbons (Fsp3) is 0.583. The van der Waals surface area contributed by atoms with Gasteiger partial charge in [0.2, 0.25) is 15.9 Å². The minimum Gasteiger partial charge on any atom is -0.497 e. The molecule has 4 amide bonds. The molecule has 5 aliphatic rings. The van der Waals surface area contributed by atoms with Gasteiger partial charge in [-0.25, -0.2) is 22.6 Å². The standard InChI is InChI=1S/C36H41F4N5O9S/c1-33(12-13-33)55(50,51)44-31(48)35-15-19(35)8-6-4-3-5-7-9-25(53-32(41)49)30(47)45-18-34(17-24(45)29(46)43-35)16-22(37)26-21-14-20(52-2)10-11-23(21)42-28(27(26)54-34)36(38,39)40/h6,8,10-11,14,19,22,24-25H,3-5,7,9,12-13,15-18H2,1-2H3,(H2,41,49)(H,43,46)(H,44,48)/b8-6-/t19-,22-,24+,25+,34-,35-/m1/s1.